The number of anilines is 1. The molecule has 2 aromatic heterocycles. The Morgan fingerprint density at radius 3 is 2.66 bits per heavy atom. The van der Waals surface area contributed by atoms with E-state index in [1.807, 2.05) is 52.1 Å². The van der Waals surface area contributed by atoms with E-state index >= 15 is 0 Å². The van der Waals surface area contributed by atoms with Crippen LogP contribution in [0.4, 0.5) is 5.82 Å². The Bertz CT molecular complexity index is 1220. The van der Waals surface area contributed by atoms with Gasteiger partial charge in [-0.25, -0.2) is 4.98 Å². The van der Waals surface area contributed by atoms with Crippen molar-refractivity contribution in [3.8, 4) is 0 Å². The maximum absolute atomic E-state index is 12.8. The Kier molecular flexibility index (Phi) is 7.15. The van der Waals surface area contributed by atoms with Crippen LogP contribution in [0.2, 0.25) is 0 Å². The number of benzene rings is 1. The van der Waals surface area contributed by atoms with Crippen molar-refractivity contribution >= 4 is 29.2 Å². The molecule has 0 bridgehead atoms. The number of fused-ring (bicyclic) bond motifs is 1. The van der Waals surface area contributed by atoms with Gasteiger partial charge in [0.15, 0.2) is 0 Å². The molecular weight excluding hydrogens is 398 g/mol. The molecule has 3 aromatic rings. The number of carbonyl (C=O) groups excluding carboxylic acids is 1. The lowest BCUT2D eigenvalue weighted by atomic mass is 10.0. The van der Waals surface area contributed by atoms with Gasteiger partial charge in [-0.15, -0.1) is 0 Å². The highest BCUT2D eigenvalue weighted by molar-refractivity contribution is 5.96. The number of rotatable bonds is 7. The zero-order valence-corrected chi connectivity index (χ0v) is 19.1. The molecule has 6 heteroatoms. The van der Waals surface area contributed by atoms with E-state index in [4.69, 9.17) is 5.73 Å². The zero-order valence-electron chi connectivity index (χ0n) is 19.1. The average molecular weight is 428 g/mol. The number of carbonyl (C=O) groups is 1. The molecule has 0 aliphatic rings. The minimum atomic E-state index is -0.176. The second-order valence-corrected chi connectivity index (χ2v) is 7.83. The van der Waals surface area contributed by atoms with Crippen LogP contribution in [0.1, 0.15) is 35.0 Å². The molecule has 0 aliphatic heterocycles. The maximum Gasteiger partial charge on any atom is 0.251 e. The Hall–Kier alpha value is -3.80. The van der Waals surface area contributed by atoms with Crippen LogP contribution in [0.5, 0.6) is 0 Å². The molecule has 0 saturated carbocycles. The number of aromatic nitrogens is 2. The molecule has 164 valence electrons. The summed E-state index contributed by atoms with van der Waals surface area (Å²) in [6.45, 7) is 11.7. The predicted molar refractivity (Wildman–Crippen MR) is 132 cm³/mol. The summed E-state index contributed by atoms with van der Waals surface area (Å²) in [7, 11) is 0. The molecule has 6 nitrogen and oxygen atoms in total. The minimum Gasteiger partial charge on any atom is -0.384 e. The molecule has 32 heavy (non-hydrogen) atoms. The first-order valence-corrected chi connectivity index (χ1v) is 10.5. The third-order valence-corrected chi connectivity index (χ3v) is 5.41. The molecule has 3 rings (SSSR count). The van der Waals surface area contributed by atoms with Gasteiger partial charge in [-0.1, -0.05) is 24.3 Å². The topological polar surface area (TPSA) is 93.3 Å². The largest absolute Gasteiger partial charge is 0.384 e. The molecular formula is C26H29N5O. The van der Waals surface area contributed by atoms with Crippen molar-refractivity contribution in [1.29, 1.82) is 0 Å². The molecule has 1 aromatic carbocycles. The Balaban J connectivity index is 1.75. The molecule has 1 amide bonds. The van der Waals surface area contributed by atoms with E-state index in [0.29, 0.717) is 24.4 Å². The van der Waals surface area contributed by atoms with Crippen LogP contribution in [0.25, 0.3) is 10.8 Å². The summed E-state index contributed by atoms with van der Waals surface area (Å²) in [4.78, 5) is 25.6. The van der Waals surface area contributed by atoms with Crippen LogP contribution in [0, 0.1) is 20.8 Å². The van der Waals surface area contributed by atoms with E-state index < -0.39 is 0 Å². The summed E-state index contributed by atoms with van der Waals surface area (Å²) in [5.74, 6) is 0.304. The third kappa shape index (κ3) is 5.46. The molecule has 0 radical (unpaired) electrons. The van der Waals surface area contributed by atoms with Gasteiger partial charge < -0.3 is 11.1 Å². The van der Waals surface area contributed by atoms with Crippen molar-refractivity contribution in [3.63, 3.8) is 0 Å². The van der Waals surface area contributed by atoms with Crippen LogP contribution >= 0.6 is 0 Å². The number of nitrogens with zero attached hydrogens (tertiary/aromatic N) is 3. The number of pyridine rings is 2. The summed E-state index contributed by atoms with van der Waals surface area (Å²) >= 11 is 0. The first-order valence-electron chi connectivity index (χ1n) is 10.5. The van der Waals surface area contributed by atoms with Crippen molar-refractivity contribution < 1.29 is 4.79 Å². The lowest BCUT2D eigenvalue weighted by Crippen LogP contribution is -2.25. The fourth-order valence-electron chi connectivity index (χ4n) is 3.66. The Morgan fingerprint density at radius 1 is 1.19 bits per heavy atom. The highest BCUT2D eigenvalue weighted by atomic mass is 16.1. The summed E-state index contributed by atoms with van der Waals surface area (Å²) in [5, 5.41) is 5.19. The van der Waals surface area contributed by atoms with Gasteiger partial charge >= 0.3 is 0 Å². The smallest absolute Gasteiger partial charge is 0.251 e. The molecule has 0 atom stereocenters. The SMILES string of the molecule is C=N/C(=C\C(=C/C)C(=O)NCc1c(C)cc(N)nc1C)Cc1ccc2cnc(C)cc2c1. The molecule has 0 spiro atoms. The van der Waals surface area contributed by atoms with E-state index in [9.17, 15) is 4.79 Å². The van der Waals surface area contributed by atoms with Crippen LogP contribution in [0.15, 0.2) is 64.9 Å². The number of allylic oxidation sites excluding steroid dienone is 2. The maximum atomic E-state index is 12.8. The summed E-state index contributed by atoms with van der Waals surface area (Å²) in [6.07, 6.45) is 6.01. The third-order valence-electron chi connectivity index (χ3n) is 5.41. The van der Waals surface area contributed by atoms with Gasteiger partial charge in [-0.2, -0.15) is 0 Å². The van der Waals surface area contributed by atoms with Crippen LogP contribution in [-0.2, 0) is 17.8 Å². The second-order valence-electron chi connectivity index (χ2n) is 7.83. The lowest BCUT2D eigenvalue weighted by molar-refractivity contribution is -0.117. The number of nitrogens with one attached hydrogen (secondary N) is 1. The fraction of sp³-hybridized carbons (Fsp3) is 0.231. The number of hydrogen-bond acceptors (Lipinski definition) is 5. The Morgan fingerprint density at radius 2 is 1.97 bits per heavy atom. The van der Waals surface area contributed by atoms with Gasteiger partial charge in [0.25, 0.3) is 5.91 Å². The van der Waals surface area contributed by atoms with Gasteiger partial charge in [-0.05, 0) is 74.7 Å². The quantitative estimate of drug-likeness (QED) is 0.329. The highest BCUT2D eigenvalue weighted by Gasteiger charge is 2.11. The fourth-order valence-corrected chi connectivity index (χ4v) is 3.66. The van der Waals surface area contributed by atoms with E-state index in [1.54, 1.807) is 12.2 Å². The van der Waals surface area contributed by atoms with Gasteiger partial charge in [0.1, 0.15) is 5.82 Å². The average Bonchev–Trinajstić information content (AvgIpc) is 2.75. The van der Waals surface area contributed by atoms with Crippen LogP contribution in [-0.4, -0.2) is 22.6 Å². The zero-order chi connectivity index (χ0) is 23.3. The van der Waals surface area contributed by atoms with E-state index in [-0.39, 0.29) is 5.91 Å². The van der Waals surface area contributed by atoms with Crippen LogP contribution < -0.4 is 11.1 Å². The molecule has 3 N–H and O–H groups in total. The first-order chi connectivity index (χ1) is 15.3. The number of nitrogen functional groups attached to an aromatic ring is 1. The van der Waals surface area contributed by atoms with Crippen molar-refractivity contribution in [2.24, 2.45) is 4.99 Å². The number of aryl methyl sites for hydroxylation is 3. The van der Waals surface area contributed by atoms with Gasteiger partial charge in [0.05, 0.1) is 0 Å². The summed E-state index contributed by atoms with van der Waals surface area (Å²) < 4.78 is 0. The number of amides is 1. The highest BCUT2D eigenvalue weighted by Crippen LogP contribution is 2.20. The molecule has 0 aliphatic carbocycles. The molecule has 0 unspecified atom stereocenters. The van der Waals surface area contributed by atoms with Crippen molar-refractivity contribution in [1.82, 2.24) is 15.3 Å². The van der Waals surface area contributed by atoms with Crippen molar-refractivity contribution in [2.75, 3.05) is 5.73 Å². The first kappa shape index (κ1) is 22.9. The summed E-state index contributed by atoms with van der Waals surface area (Å²) in [6, 6.07) is 10.1. The summed E-state index contributed by atoms with van der Waals surface area (Å²) in [5.41, 5.74) is 11.9. The second kappa shape index (κ2) is 10.0. The van der Waals surface area contributed by atoms with Crippen molar-refractivity contribution in [2.45, 2.75) is 40.7 Å². The lowest BCUT2D eigenvalue weighted by Gasteiger charge is -2.12. The van der Waals surface area contributed by atoms with Gasteiger partial charge in [-0.3, -0.25) is 14.8 Å². The molecule has 0 fully saturated rings. The standard InChI is InChI=1S/C26H29N5O/c1-6-20(26(32)30-15-24-16(2)9-25(27)31-18(24)4)13-23(28-5)12-19-7-8-21-14-29-17(3)10-22(21)11-19/h6-11,13-14H,5,12,15H2,1-4H3,(H2,27,31)(H,30,32)/b20-6+,23-13-. The van der Waals surface area contributed by atoms with Crippen molar-refractivity contribution in [3.05, 3.63) is 88.0 Å². The Labute approximate surface area is 189 Å². The molecule has 2 heterocycles. The number of nitrogens with two attached hydrogens (primary N) is 1. The van der Waals surface area contributed by atoms with Gasteiger partial charge in [0.2, 0.25) is 0 Å². The predicted octanol–water partition coefficient (Wildman–Crippen LogP) is 4.53. The monoisotopic (exact) mass is 427 g/mol. The van der Waals surface area contributed by atoms with Gasteiger partial charge in [0, 0.05) is 47.2 Å². The van der Waals surface area contributed by atoms with E-state index in [2.05, 4.69) is 39.1 Å². The number of aliphatic imine (C=N–C) groups is 1. The normalized spacial score (nSPS) is 12.1. The minimum absolute atomic E-state index is 0.176. The number of hydrogen-bond donors (Lipinski definition) is 2. The van der Waals surface area contributed by atoms with Crippen LogP contribution in [0.3, 0.4) is 0 Å². The molecule has 0 saturated heterocycles. The van der Waals surface area contributed by atoms with E-state index in [0.717, 1.165) is 44.5 Å². The van der Waals surface area contributed by atoms with E-state index in [1.165, 1.54) is 0 Å².